The van der Waals surface area contributed by atoms with Crippen molar-refractivity contribution in [1.82, 2.24) is 4.98 Å². The minimum atomic E-state index is -4.75. The third-order valence-corrected chi connectivity index (χ3v) is 4.64. The van der Waals surface area contributed by atoms with Gasteiger partial charge in [-0.25, -0.2) is 4.98 Å². The number of carboxylic acids is 1. The maximum Gasteiger partial charge on any atom is 0.573 e. The molecule has 0 saturated heterocycles. The lowest BCUT2D eigenvalue weighted by molar-refractivity contribution is -0.274. The molecule has 3 rings (SSSR count). The van der Waals surface area contributed by atoms with E-state index in [1.165, 1.54) is 24.3 Å². The SMILES string of the molecule is CCc1oc(-c2ccc(OC(F)(F)F)cc2)nc1CCOc1cc(CC(=O)O)ccc1C. The molecule has 0 radical (unpaired) electrons. The summed E-state index contributed by atoms with van der Waals surface area (Å²) < 4.78 is 52.5. The number of aryl methyl sites for hydroxylation is 2. The van der Waals surface area contributed by atoms with Crippen LogP contribution in [0.15, 0.2) is 46.9 Å². The number of carboxylic acid groups (broad SMARTS) is 1. The number of rotatable bonds is 9. The molecule has 0 atom stereocenters. The van der Waals surface area contributed by atoms with Crippen LogP contribution in [0.25, 0.3) is 11.5 Å². The Balaban J connectivity index is 1.68. The van der Waals surface area contributed by atoms with Gasteiger partial charge in [-0.15, -0.1) is 13.2 Å². The Bertz CT molecular complexity index is 1070. The molecule has 3 aromatic rings. The van der Waals surface area contributed by atoms with Gasteiger partial charge in [0.2, 0.25) is 5.89 Å². The minimum Gasteiger partial charge on any atom is -0.493 e. The predicted molar refractivity (Wildman–Crippen MR) is 110 cm³/mol. The Morgan fingerprint density at radius 2 is 1.88 bits per heavy atom. The molecule has 2 aromatic carbocycles. The summed E-state index contributed by atoms with van der Waals surface area (Å²) in [5.41, 5.74) is 2.75. The molecule has 1 heterocycles. The summed E-state index contributed by atoms with van der Waals surface area (Å²) in [4.78, 5) is 15.4. The van der Waals surface area contributed by atoms with Crippen LogP contribution in [-0.2, 0) is 24.1 Å². The molecular formula is C23H22F3NO5. The quantitative estimate of drug-likeness (QED) is 0.474. The van der Waals surface area contributed by atoms with Crippen molar-refractivity contribution in [3.63, 3.8) is 0 Å². The first-order valence-corrected chi connectivity index (χ1v) is 9.93. The van der Waals surface area contributed by atoms with Crippen LogP contribution in [0, 0.1) is 6.92 Å². The topological polar surface area (TPSA) is 81.8 Å². The number of nitrogens with zero attached hydrogens (tertiary/aromatic N) is 1. The number of hydrogen-bond acceptors (Lipinski definition) is 5. The van der Waals surface area contributed by atoms with Crippen molar-refractivity contribution in [2.24, 2.45) is 0 Å². The van der Waals surface area contributed by atoms with Gasteiger partial charge in [0, 0.05) is 18.4 Å². The number of aromatic nitrogens is 1. The molecule has 0 saturated carbocycles. The number of oxazole rings is 1. The van der Waals surface area contributed by atoms with Gasteiger partial charge >= 0.3 is 12.3 Å². The highest BCUT2D eigenvalue weighted by Gasteiger charge is 2.31. The minimum absolute atomic E-state index is 0.0872. The maximum absolute atomic E-state index is 12.3. The highest BCUT2D eigenvalue weighted by atomic mass is 19.4. The van der Waals surface area contributed by atoms with Crippen LogP contribution >= 0.6 is 0 Å². The van der Waals surface area contributed by atoms with Crippen LogP contribution in [0.5, 0.6) is 11.5 Å². The summed E-state index contributed by atoms with van der Waals surface area (Å²) in [6.07, 6.45) is -3.80. The van der Waals surface area contributed by atoms with E-state index in [2.05, 4.69) is 9.72 Å². The number of halogens is 3. The van der Waals surface area contributed by atoms with Crippen molar-refractivity contribution in [3.05, 3.63) is 65.0 Å². The molecular weight excluding hydrogens is 427 g/mol. The second kappa shape index (κ2) is 9.76. The zero-order chi connectivity index (χ0) is 23.3. The Kier molecular flexibility index (Phi) is 7.07. The van der Waals surface area contributed by atoms with Gasteiger partial charge in [0.25, 0.3) is 0 Å². The number of ether oxygens (including phenoxy) is 2. The van der Waals surface area contributed by atoms with Crippen molar-refractivity contribution >= 4 is 5.97 Å². The third kappa shape index (κ3) is 6.26. The first-order valence-electron chi connectivity index (χ1n) is 9.93. The smallest absolute Gasteiger partial charge is 0.493 e. The van der Waals surface area contributed by atoms with Crippen LogP contribution in [0.3, 0.4) is 0 Å². The Morgan fingerprint density at radius 3 is 2.50 bits per heavy atom. The highest BCUT2D eigenvalue weighted by molar-refractivity contribution is 5.70. The van der Waals surface area contributed by atoms with Crippen molar-refractivity contribution in [3.8, 4) is 23.0 Å². The zero-order valence-electron chi connectivity index (χ0n) is 17.5. The second-order valence-corrected chi connectivity index (χ2v) is 7.08. The van der Waals surface area contributed by atoms with Crippen LogP contribution in [0.1, 0.15) is 29.5 Å². The molecule has 1 N–H and O–H groups in total. The molecule has 9 heteroatoms. The maximum atomic E-state index is 12.3. The van der Waals surface area contributed by atoms with Gasteiger partial charge in [0.1, 0.15) is 17.3 Å². The van der Waals surface area contributed by atoms with Crippen LogP contribution in [0.4, 0.5) is 13.2 Å². The summed E-state index contributed by atoms with van der Waals surface area (Å²) >= 11 is 0. The third-order valence-electron chi connectivity index (χ3n) is 4.64. The van der Waals surface area contributed by atoms with E-state index >= 15 is 0 Å². The molecule has 0 aliphatic carbocycles. The predicted octanol–water partition coefficient (Wildman–Crippen LogP) is 5.36. The van der Waals surface area contributed by atoms with Gasteiger partial charge in [0.05, 0.1) is 18.7 Å². The normalized spacial score (nSPS) is 11.4. The average Bonchev–Trinajstić information content (AvgIpc) is 3.12. The second-order valence-electron chi connectivity index (χ2n) is 7.08. The molecule has 32 heavy (non-hydrogen) atoms. The molecule has 170 valence electrons. The van der Waals surface area contributed by atoms with E-state index < -0.39 is 12.3 Å². The van der Waals surface area contributed by atoms with E-state index in [9.17, 15) is 18.0 Å². The average molecular weight is 449 g/mol. The fourth-order valence-corrected chi connectivity index (χ4v) is 3.12. The van der Waals surface area contributed by atoms with Crippen molar-refractivity contribution in [1.29, 1.82) is 0 Å². The number of alkyl halides is 3. The molecule has 0 aliphatic rings. The summed E-state index contributed by atoms with van der Waals surface area (Å²) in [6.45, 7) is 4.08. The lowest BCUT2D eigenvalue weighted by Crippen LogP contribution is -2.16. The molecule has 6 nitrogen and oxygen atoms in total. The van der Waals surface area contributed by atoms with E-state index in [4.69, 9.17) is 14.3 Å². The van der Waals surface area contributed by atoms with E-state index in [0.29, 0.717) is 53.7 Å². The van der Waals surface area contributed by atoms with Gasteiger partial charge in [-0.2, -0.15) is 0 Å². The van der Waals surface area contributed by atoms with E-state index in [1.54, 1.807) is 12.1 Å². The van der Waals surface area contributed by atoms with Crippen molar-refractivity contribution in [2.45, 2.75) is 39.5 Å². The zero-order valence-corrected chi connectivity index (χ0v) is 17.5. The Hall–Kier alpha value is -3.49. The lowest BCUT2D eigenvalue weighted by Gasteiger charge is -2.10. The van der Waals surface area contributed by atoms with Gasteiger partial charge in [-0.3, -0.25) is 4.79 Å². The monoisotopic (exact) mass is 449 g/mol. The van der Waals surface area contributed by atoms with Crippen molar-refractivity contribution < 1.29 is 37.0 Å². The fraction of sp³-hybridized carbons (Fsp3) is 0.304. The number of aliphatic carboxylic acids is 1. The highest BCUT2D eigenvalue weighted by Crippen LogP contribution is 2.28. The molecule has 0 bridgehead atoms. The molecule has 1 aromatic heterocycles. The van der Waals surface area contributed by atoms with Crippen molar-refractivity contribution in [2.75, 3.05) is 6.61 Å². The summed E-state index contributed by atoms with van der Waals surface area (Å²) in [5.74, 6) is 0.328. The van der Waals surface area contributed by atoms with Crippen LogP contribution in [0.2, 0.25) is 0 Å². The van der Waals surface area contributed by atoms with E-state index in [0.717, 1.165) is 5.56 Å². The molecule has 0 fully saturated rings. The summed E-state index contributed by atoms with van der Waals surface area (Å²) in [5, 5.41) is 8.95. The number of hydrogen-bond donors (Lipinski definition) is 1. The van der Waals surface area contributed by atoms with Crippen LogP contribution in [-0.4, -0.2) is 29.0 Å². The standard InChI is InChI=1S/C23H22F3NO5/c1-3-19-18(10-11-30-20-12-15(13-21(28)29)5-4-14(20)2)27-22(31-19)16-6-8-17(9-7-16)32-23(24,25)26/h4-9,12H,3,10-11,13H2,1-2H3,(H,28,29). The van der Waals surface area contributed by atoms with Gasteiger partial charge in [-0.1, -0.05) is 19.1 Å². The number of benzene rings is 2. The first kappa shape index (κ1) is 23.2. The fourth-order valence-electron chi connectivity index (χ4n) is 3.12. The number of carbonyl (C=O) groups is 1. The van der Waals surface area contributed by atoms with Gasteiger partial charge in [-0.05, 0) is 48.4 Å². The first-order chi connectivity index (χ1) is 15.1. The Labute approximate surface area is 182 Å². The molecule has 0 aliphatic heterocycles. The Morgan fingerprint density at radius 1 is 1.16 bits per heavy atom. The molecule has 0 unspecified atom stereocenters. The summed E-state index contributed by atoms with van der Waals surface area (Å²) in [7, 11) is 0. The largest absolute Gasteiger partial charge is 0.573 e. The molecule has 0 amide bonds. The van der Waals surface area contributed by atoms with Gasteiger partial charge < -0.3 is 19.0 Å². The van der Waals surface area contributed by atoms with Crippen LogP contribution < -0.4 is 9.47 Å². The van der Waals surface area contributed by atoms with Gasteiger partial charge in [0.15, 0.2) is 0 Å². The summed E-state index contributed by atoms with van der Waals surface area (Å²) in [6, 6.07) is 10.6. The lowest BCUT2D eigenvalue weighted by atomic mass is 10.1. The van der Waals surface area contributed by atoms with E-state index in [1.807, 2.05) is 19.9 Å². The van der Waals surface area contributed by atoms with E-state index in [-0.39, 0.29) is 12.2 Å². The molecule has 0 spiro atoms.